The van der Waals surface area contributed by atoms with E-state index in [2.05, 4.69) is 9.97 Å². The van der Waals surface area contributed by atoms with Gasteiger partial charge in [0.1, 0.15) is 17.6 Å². The van der Waals surface area contributed by atoms with E-state index in [-0.39, 0.29) is 0 Å². The highest BCUT2D eigenvalue weighted by Crippen LogP contribution is 2.34. The molecule has 1 atom stereocenters. The molecule has 0 aromatic carbocycles. The highest BCUT2D eigenvalue weighted by molar-refractivity contribution is 5.79. The monoisotopic (exact) mass is 310 g/mol. The fourth-order valence-corrected chi connectivity index (χ4v) is 3.54. The van der Waals surface area contributed by atoms with Gasteiger partial charge in [-0.25, -0.2) is 14.8 Å². The molecule has 2 aliphatic rings. The van der Waals surface area contributed by atoms with Crippen molar-refractivity contribution in [2.45, 2.75) is 38.1 Å². The molecular formula is C17H18N4O2. The number of hydrogen-bond donors (Lipinski definition) is 1. The first kappa shape index (κ1) is 14.1. The lowest BCUT2D eigenvalue weighted by molar-refractivity contribution is -0.138. The predicted molar refractivity (Wildman–Crippen MR) is 85.3 cm³/mol. The van der Waals surface area contributed by atoms with Gasteiger partial charge in [-0.05, 0) is 44.2 Å². The van der Waals surface area contributed by atoms with Gasteiger partial charge in [0.25, 0.3) is 0 Å². The van der Waals surface area contributed by atoms with E-state index >= 15 is 0 Å². The van der Waals surface area contributed by atoms with Gasteiger partial charge in [0.05, 0.1) is 0 Å². The van der Waals surface area contributed by atoms with Crippen LogP contribution in [-0.2, 0) is 17.6 Å². The summed E-state index contributed by atoms with van der Waals surface area (Å²) in [6.45, 7) is 0.738. The second-order valence-corrected chi connectivity index (χ2v) is 6.05. The third-order valence-corrected chi connectivity index (χ3v) is 4.62. The molecule has 6 nitrogen and oxygen atoms in total. The molecule has 1 N–H and O–H groups in total. The average Bonchev–Trinajstić information content (AvgIpc) is 3.23. The minimum absolute atomic E-state index is 0.480. The number of aryl methyl sites for hydroxylation is 1. The first-order valence-corrected chi connectivity index (χ1v) is 8.04. The summed E-state index contributed by atoms with van der Waals surface area (Å²) < 4.78 is 0. The second-order valence-electron chi connectivity index (χ2n) is 6.05. The number of aromatic nitrogens is 3. The third kappa shape index (κ3) is 2.44. The molecule has 1 unspecified atom stereocenters. The van der Waals surface area contributed by atoms with Crippen molar-refractivity contribution in [3.63, 3.8) is 0 Å². The summed E-state index contributed by atoms with van der Waals surface area (Å²) in [5, 5.41) is 9.48. The Labute approximate surface area is 134 Å². The standard InChI is InChI=1S/C17H18N4O2/c22-17(23)14-8-4-10-21(14)16-11-5-3-7-12(11)19-15(20-16)13-6-1-2-9-18-13/h1-2,6,9,14H,3-5,7-8,10H2,(H,22,23). The molecule has 0 saturated carbocycles. The van der Waals surface area contributed by atoms with Crippen LogP contribution in [0.2, 0.25) is 0 Å². The number of rotatable bonds is 3. The van der Waals surface area contributed by atoms with Crippen molar-refractivity contribution in [1.82, 2.24) is 15.0 Å². The highest BCUT2D eigenvalue weighted by atomic mass is 16.4. The molecule has 2 aromatic rings. The molecule has 0 radical (unpaired) electrons. The molecule has 0 amide bonds. The highest BCUT2D eigenvalue weighted by Gasteiger charge is 2.34. The lowest BCUT2D eigenvalue weighted by atomic mass is 10.2. The van der Waals surface area contributed by atoms with E-state index in [1.807, 2.05) is 23.1 Å². The van der Waals surface area contributed by atoms with E-state index in [1.54, 1.807) is 6.20 Å². The molecule has 1 fully saturated rings. The number of carboxylic acid groups (broad SMARTS) is 1. The Hall–Kier alpha value is -2.50. The molecule has 3 heterocycles. The van der Waals surface area contributed by atoms with E-state index in [9.17, 15) is 9.90 Å². The molecule has 0 spiro atoms. The smallest absolute Gasteiger partial charge is 0.326 e. The zero-order valence-electron chi connectivity index (χ0n) is 12.8. The van der Waals surface area contributed by atoms with Crippen molar-refractivity contribution in [1.29, 1.82) is 0 Å². The summed E-state index contributed by atoms with van der Waals surface area (Å²) in [4.78, 5) is 27.2. The van der Waals surface area contributed by atoms with E-state index in [0.29, 0.717) is 12.2 Å². The summed E-state index contributed by atoms with van der Waals surface area (Å²) in [6, 6.07) is 5.18. The van der Waals surface area contributed by atoms with Crippen molar-refractivity contribution in [3.8, 4) is 11.5 Å². The molecule has 23 heavy (non-hydrogen) atoms. The van der Waals surface area contributed by atoms with Crippen molar-refractivity contribution in [2.24, 2.45) is 0 Å². The minimum atomic E-state index is -0.771. The van der Waals surface area contributed by atoms with E-state index in [0.717, 1.165) is 55.0 Å². The maximum atomic E-state index is 11.5. The van der Waals surface area contributed by atoms with Gasteiger partial charge in [-0.2, -0.15) is 0 Å². The fraction of sp³-hybridized carbons (Fsp3) is 0.412. The van der Waals surface area contributed by atoms with E-state index < -0.39 is 12.0 Å². The number of carboxylic acids is 1. The van der Waals surface area contributed by atoms with Gasteiger partial charge in [0.2, 0.25) is 0 Å². The van der Waals surface area contributed by atoms with Crippen LogP contribution in [0.25, 0.3) is 11.5 Å². The van der Waals surface area contributed by atoms with Crippen LogP contribution in [0.1, 0.15) is 30.5 Å². The van der Waals surface area contributed by atoms with Gasteiger partial charge in [0, 0.05) is 24.0 Å². The van der Waals surface area contributed by atoms with Crippen molar-refractivity contribution < 1.29 is 9.90 Å². The molecule has 1 saturated heterocycles. The summed E-state index contributed by atoms with van der Waals surface area (Å²) in [5.41, 5.74) is 2.90. The van der Waals surface area contributed by atoms with E-state index in [4.69, 9.17) is 4.98 Å². The molecule has 0 bridgehead atoms. The maximum Gasteiger partial charge on any atom is 0.326 e. The van der Waals surface area contributed by atoms with Gasteiger partial charge in [-0.15, -0.1) is 0 Å². The fourth-order valence-electron chi connectivity index (χ4n) is 3.54. The number of carbonyl (C=O) groups is 1. The van der Waals surface area contributed by atoms with Gasteiger partial charge >= 0.3 is 5.97 Å². The van der Waals surface area contributed by atoms with Crippen LogP contribution in [-0.4, -0.2) is 38.6 Å². The minimum Gasteiger partial charge on any atom is -0.480 e. The molecule has 4 rings (SSSR count). The number of aliphatic carboxylic acids is 1. The van der Waals surface area contributed by atoms with E-state index in [1.165, 1.54) is 0 Å². The number of anilines is 1. The summed E-state index contributed by atoms with van der Waals surface area (Å²) in [6.07, 6.45) is 6.18. The van der Waals surface area contributed by atoms with Crippen molar-refractivity contribution >= 4 is 11.8 Å². The summed E-state index contributed by atoms with van der Waals surface area (Å²) in [5.74, 6) is 0.627. The largest absolute Gasteiger partial charge is 0.480 e. The normalized spacial score (nSPS) is 19.8. The third-order valence-electron chi connectivity index (χ3n) is 4.62. The van der Waals surface area contributed by atoms with Crippen LogP contribution < -0.4 is 4.90 Å². The Bertz CT molecular complexity index is 748. The molecule has 118 valence electrons. The second kappa shape index (κ2) is 5.61. The molecule has 1 aliphatic heterocycles. The topological polar surface area (TPSA) is 79.2 Å². The number of hydrogen-bond acceptors (Lipinski definition) is 5. The molecule has 1 aliphatic carbocycles. The SMILES string of the molecule is O=C(O)C1CCCN1c1nc(-c2ccccn2)nc2c1CCC2. The number of fused-ring (bicyclic) bond motifs is 1. The van der Waals surface area contributed by atoms with Crippen LogP contribution in [0.3, 0.4) is 0 Å². The molecular weight excluding hydrogens is 292 g/mol. The van der Waals surface area contributed by atoms with Gasteiger partial charge in [0.15, 0.2) is 5.82 Å². The van der Waals surface area contributed by atoms with Crippen molar-refractivity contribution in [3.05, 3.63) is 35.7 Å². The quantitative estimate of drug-likeness (QED) is 0.935. The van der Waals surface area contributed by atoms with Crippen LogP contribution in [0, 0.1) is 0 Å². The summed E-state index contributed by atoms with van der Waals surface area (Å²) in [7, 11) is 0. The van der Waals surface area contributed by atoms with Crippen molar-refractivity contribution in [2.75, 3.05) is 11.4 Å². The van der Waals surface area contributed by atoms with Crippen LogP contribution in [0.15, 0.2) is 24.4 Å². The van der Waals surface area contributed by atoms with Gasteiger partial charge in [-0.1, -0.05) is 6.07 Å². The van der Waals surface area contributed by atoms with Crippen LogP contribution in [0.4, 0.5) is 5.82 Å². The first-order chi connectivity index (χ1) is 11.2. The summed E-state index contributed by atoms with van der Waals surface area (Å²) >= 11 is 0. The zero-order chi connectivity index (χ0) is 15.8. The lowest BCUT2D eigenvalue weighted by Gasteiger charge is -2.25. The molecule has 2 aromatic heterocycles. The zero-order valence-corrected chi connectivity index (χ0v) is 12.8. The Morgan fingerprint density at radius 2 is 2.13 bits per heavy atom. The average molecular weight is 310 g/mol. The Morgan fingerprint density at radius 3 is 2.91 bits per heavy atom. The molecule has 6 heteroatoms. The number of nitrogens with zero attached hydrogens (tertiary/aromatic N) is 4. The van der Waals surface area contributed by atoms with Crippen LogP contribution >= 0.6 is 0 Å². The first-order valence-electron chi connectivity index (χ1n) is 8.04. The Kier molecular flexibility index (Phi) is 3.44. The lowest BCUT2D eigenvalue weighted by Crippen LogP contribution is -2.37. The van der Waals surface area contributed by atoms with Gasteiger partial charge in [-0.3, -0.25) is 4.98 Å². The Morgan fingerprint density at radius 1 is 1.22 bits per heavy atom. The predicted octanol–water partition coefficient (Wildman–Crippen LogP) is 2.08. The van der Waals surface area contributed by atoms with Gasteiger partial charge < -0.3 is 10.0 Å². The Balaban J connectivity index is 1.83. The van der Waals surface area contributed by atoms with Crippen LogP contribution in [0.5, 0.6) is 0 Å². The number of pyridine rings is 1. The maximum absolute atomic E-state index is 11.5.